The number of nitrogens with one attached hydrogen (secondary N) is 2. The van der Waals surface area contributed by atoms with E-state index in [0.29, 0.717) is 11.4 Å². The minimum absolute atomic E-state index is 0.0176. The van der Waals surface area contributed by atoms with E-state index in [0.717, 1.165) is 37.1 Å². The van der Waals surface area contributed by atoms with Crippen molar-refractivity contribution in [2.45, 2.75) is 65.2 Å². The SMILES string of the molecule is CCCCCCNc1ccc(-c2ccc(NCCCCCC)c(=O)cc2)ccc1=O. The first kappa shape index (κ1) is 23.7. The summed E-state index contributed by atoms with van der Waals surface area (Å²) in [6, 6.07) is 14.4. The summed E-state index contributed by atoms with van der Waals surface area (Å²) < 4.78 is 0. The molecule has 0 unspecified atom stereocenters. The van der Waals surface area contributed by atoms with Crippen LogP contribution in [0.2, 0.25) is 0 Å². The minimum Gasteiger partial charge on any atom is -0.382 e. The first-order chi connectivity index (χ1) is 14.7. The average molecular weight is 409 g/mol. The zero-order valence-corrected chi connectivity index (χ0v) is 18.5. The van der Waals surface area contributed by atoms with Crippen LogP contribution in [0.25, 0.3) is 11.1 Å². The van der Waals surface area contributed by atoms with Crippen LogP contribution in [-0.4, -0.2) is 13.1 Å². The van der Waals surface area contributed by atoms with Crippen molar-refractivity contribution < 1.29 is 0 Å². The molecular formula is C26H36N2O2. The van der Waals surface area contributed by atoms with Gasteiger partial charge in [-0.25, -0.2) is 0 Å². The number of rotatable bonds is 13. The monoisotopic (exact) mass is 408 g/mol. The molecule has 0 bridgehead atoms. The van der Waals surface area contributed by atoms with E-state index in [-0.39, 0.29) is 10.9 Å². The molecule has 4 nitrogen and oxygen atoms in total. The molecule has 0 saturated heterocycles. The third kappa shape index (κ3) is 8.02. The van der Waals surface area contributed by atoms with E-state index < -0.39 is 0 Å². The number of hydrogen-bond donors (Lipinski definition) is 2. The van der Waals surface area contributed by atoms with Crippen LogP contribution in [-0.2, 0) is 0 Å². The zero-order valence-electron chi connectivity index (χ0n) is 18.5. The van der Waals surface area contributed by atoms with E-state index in [1.54, 1.807) is 12.1 Å². The number of hydrogen-bond acceptors (Lipinski definition) is 4. The van der Waals surface area contributed by atoms with Crippen molar-refractivity contribution >= 4 is 11.4 Å². The lowest BCUT2D eigenvalue weighted by atomic mass is 10.1. The maximum Gasteiger partial charge on any atom is 0.201 e. The molecular weight excluding hydrogens is 372 g/mol. The Balaban J connectivity index is 2.09. The van der Waals surface area contributed by atoms with E-state index in [1.807, 2.05) is 36.4 Å². The van der Waals surface area contributed by atoms with Crippen LogP contribution in [0.3, 0.4) is 0 Å². The summed E-state index contributed by atoms with van der Waals surface area (Å²) in [7, 11) is 0. The molecule has 0 saturated carbocycles. The van der Waals surface area contributed by atoms with E-state index >= 15 is 0 Å². The van der Waals surface area contributed by atoms with Gasteiger partial charge in [0.2, 0.25) is 10.9 Å². The second-order valence-corrected chi connectivity index (χ2v) is 7.77. The molecule has 0 amide bonds. The van der Waals surface area contributed by atoms with E-state index in [1.165, 1.54) is 38.5 Å². The molecule has 0 aliphatic rings. The van der Waals surface area contributed by atoms with Crippen molar-refractivity contribution in [3.63, 3.8) is 0 Å². The van der Waals surface area contributed by atoms with Gasteiger partial charge >= 0.3 is 0 Å². The van der Waals surface area contributed by atoms with Gasteiger partial charge in [-0.2, -0.15) is 0 Å². The lowest BCUT2D eigenvalue weighted by molar-refractivity contribution is 0.685. The lowest BCUT2D eigenvalue weighted by Gasteiger charge is -2.03. The smallest absolute Gasteiger partial charge is 0.201 e. The van der Waals surface area contributed by atoms with E-state index in [2.05, 4.69) is 24.5 Å². The van der Waals surface area contributed by atoms with Gasteiger partial charge in [0.25, 0.3) is 0 Å². The van der Waals surface area contributed by atoms with Crippen molar-refractivity contribution in [1.29, 1.82) is 0 Å². The van der Waals surface area contributed by atoms with Crippen molar-refractivity contribution in [2.75, 3.05) is 23.7 Å². The van der Waals surface area contributed by atoms with Gasteiger partial charge < -0.3 is 10.6 Å². The quantitative estimate of drug-likeness (QED) is 0.396. The summed E-state index contributed by atoms with van der Waals surface area (Å²) in [4.78, 5) is 24.7. The number of unbranched alkanes of at least 4 members (excludes halogenated alkanes) is 6. The highest BCUT2D eigenvalue weighted by atomic mass is 16.1. The summed E-state index contributed by atoms with van der Waals surface area (Å²) in [6.07, 6.45) is 9.32. The van der Waals surface area contributed by atoms with Crippen LogP contribution in [0.5, 0.6) is 0 Å². The Hall–Kier alpha value is -2.62. The summed E-state index contributed by atoms with van der Waals surface area (Å²) in [5, 5.41) is 6.52. The first-order valence-corrected chi connectivity index (χ1v) is 11.4. The van der Waals surface area contributed by atoms with Gasteiger partial charge in [0.15, 0.2) is 0 Å². The third-order valence-electron chi connectivity index (χ3n) is 5.24. The molecule has 2 aromatic rings. The van der Waals surface area contributed by atoms with Gasteiger partial charge in [0.1, 0.15) is 0 Å². The third-order valence-corrected chi connectivity index (χ3v) is 5.24. The van der Waals surface area contributed by atoms with Gasteiger partial charge in [-0.1, -0.05) is 76.6 Å². The van der Waals surface area contributed by atoms with Crippen LogP contribution in [0.15, 0.2) is 58.1 Å². The van der Waals surface area contributed by atoms with Crippen molar-refractivity contribution in [3.05, 3.63) is 69.0 Å². The Morgan fingerprint density at radius 2 is 0.933 bits per heavy atom. The molecule has 0 heterocycles. The van der Waals surface area contributed by atoms with Crippen LogP contribution < -0.4 is 21.5 Å². The summed E-state index contributed by atoms with van der Waals surface area (Å²) in [6.45, 7) is 5.99. The molecule has 0 aromatic heterocycles. The Labute approximate surface area is 180 Å². The highest BCUT2D eigenvalue weighted by Gasteiger charge is 2.02. The van der Waals surface area contributed by atoms with Gasteiger partial charge in [0, 0.05) is 13.1 Å². The standard InChI is InChI=1S/C26H36N2O2/c1-3-5-7-9-19-27-23-15-11-21(13-17-25(23)29)22-12-16-24(26(30)18-14-22)28-20-10-8-6-4-2/h11-18H,3-10,19-20H2,1-2H3,(H,27,29)(H,28,30). The maximum atomic E-state index is 12.4. The van der Waals surface area contributed by atoms with Crippen molar-refractivity contribution in [2.24, 2.45) is 0 Å². The zero-order chi connectivity index (χ0) is 21.6. The molecule has 162 valence electrons. The Morgan fingerprint density at radius 3 is 1.33 bits per heavy atom. The van der Waals surface area contributed by atoms with Crippen LogP contribution in [0.1, 0.15) is 65.2 Å². The molecule has 4 heteroatoms. The second kappa shape index (κ2) is 13.6. The predicted octanol–water partition coefficient (Wildman–Crippen LogP) is 6.06. The molecule has 2 N–H and O–H groups in total. The van der Waals surface area contributed by atoms with Gasteiger partial charge in [0.05, 0.1) is 11.4 Å². The molecule has 0 atom stereocenters. The summed E-state index contributed by atoms with van der Waals surface area (Å²) in [5.41, 5.74) is 3.03. The molecule has 0 aliphatic carbocycles. The number of anilines is 2. The molecule has 0 spiro atoms. The normalized spacial score (nSPS) is 10.6. The molecule has 0 aliphatic heterocycles. The lowest BCUT2D eigenvalue weighted by Crippen LogP contribution is -2.09. The average Bonchev–Trinajstić information content (AvgIpc) is 3.04. The van der Waals surface area contributed by atoms with Gasteiger partial charge in [-0.05, 0) is 48.2 Å². The highest BCUT2D eigenvalue weighted by Crippen LogP contribution is 2.18. The van der Waals surface area contributed by atoms with Crippen molar-refractivity contribution in [1.82, 2.24) is 0 Å². The van der Waals surface area contributed by atoms with Crippen molar-refractivity contribution in [3.8, 4) is 11.1 Å². The van der Waals surface area contributed by atoms with E-state index in [4.69, 9.17) is 0 Å². The molecule has 0 radical (unpaired) electrons. The molecule has 2 aromatic carbocycles. The van der Waals surface area contributed by atoms with Crippen LogP contribution >= 0.6 is 0 Å². The first-order valence-electron chi connectivity index (χ1n) is 11.4. The Kier molecular flexibility index (Phi) is 10.7. The predicted molar refractivity (Wildman–Crippen MR) is 130 cm³/mol. The topological polar surface area (TPSA) is 58.2 Å². The Bertz CT molecular complexity index is 821. The molecule has 30 heavy (non-hydrogen) atoms. The van der Waals surface area contributed by atoms with Crippen LogP contribution in [0, 0.1) is 0 Å². The fraction of sp³-hybridized carbons (Fsp3) is 0.462. The second-order valence-electron chi connectivity index (χ2n) is 7.77. The molecule has 2 rings (SSSR count). The highest BCUT2D eigenvalue weighted by molar-refractivity contribution is 5.65. The van der Waals surface area contributed by atoms with Gasteiger partial charge in [-0.15, -0.1) is 0 Å². The summed E-state index contributed by atoms with van der Waals surface area (Å²) in [5.74, 6) is 0. The fourth-order valence-corrected chi connectivity index (χ4v) is 3.36. The molecule has 0 fully saturated rings. The van der Waals surface area contributed by atoms with E-state index in [9.17, 15) is 9.59 Å². The summed E-state index contributed by atoms with van der Waals surface area (Å²) >= 11 is 0. The largest absolute Gasteiger partial charge is 0.382 e. The van der Waals surface area contributed by atoms with Crippen LogP contribution in [0.4, 0.5) is 11.4 Å². The Morgan fingerprint density at radius 1 is 0.533 bits per heavy atom. The minimum atomic E-state index is -0.0176. The fourth-order valence-electron chi connectivity index (χ4n) is 3.36. The van der Waals surface area contributed by atoms with Gasteiger partial charge in [-0.3, -0.25) is 9.59 Å². The maximum absolute atomic E-state index is 12.4.